The molecule has 1 saturated carbocycles. The average molecular weight is 586 g/mol. The minimum atomic E-state index is -0.557. The molecule has 0 aromatic heterocycles. The summed E-state index contributed by atoms with van der Waals surface area (Å²) in [6, 6.07) is 13.0. The summed E-state index contributed by atoms with van der Waals surface area (Å²) in [4.78, 5) is 30.6. The van der Waals surface area contributed by atoms with Crippen molar-refractivity contribution in [3.63, 3.8) is 0 Å². The Morgan fingerprint density at radius 1 is 1.11 bits per heavy atom. The molecule has 9 heteroatoms. The molecule has 7 nitrogen and oxygen atoms in total. The molecule has 2 aromatic rings. The fraction of sp³-hybridized carbons (Fsp3) is 0.414. The van der Waals surface area contributed by atoms with E-state index in [4.69, 9.17) is 9.73 Å². The standard InChI is InChI=1S/C29H34BrFN4O3/c1-29(2,3)38-28(37)33-23-12-14-35(15-13-23)26(16-19-4-6-20(7-5-19)21-8-9-21)34-27(32-18-36)22-10-11-24(30)25(31)17-22/h4-7,10-11,16-18,21,23H,8-9,12-15H2,1-3H3,(H,33,37)(H,32,34,36)/b26-16+. The van der Waals surface area contributed by atoms with Crippen LogP contribution in [0.15, 0.2) is 57.8 Å². The van der Waals surface area contributed by atoms with E-state index in [1.807, 2.05) is 26.8 Å². The number of aliphatic imine (C=N–C) groups is 1. The van der Waals surface area contributed by atoms with Gasteiger partial charge in [0.1, 0.15) is 23.1 Å². The van der Waals surface area contributed by atoms with Crippen molar-refractivity contribution in [3.8, 4) is 0 Å². The zero-order chi connectivity index (χ0) is 27.3. The van der Waals surface area contributed by atoms with Crippen molar-refractivity contribution in [2.75, 3.05) is 13.1 Å². The zero-order valence-electron chi connectivity index (χ0n) is 22.0. The number of rotatable bonds is 7. The number of amides is 2. The number of ether oxygens (including phenoxy) is 1. The molecule has 1 heterocycles. The van der Waals surface area contributed by atoms with Crippen molar-refractivity contribution in [1.82, 2.24) is 15.5 Å². The molecule has 1 aliphatic carbocycles. The molecule has 0 radical (unpaired) electrons. The topological polar surface area (TPSA) is 83.0 Å². The highest BCUT2D eigenvalue weighted by Gasteiger charge is 2.26. The van der Waals surface area contributed by atoms with Crippen LogP contribution < -0.4 is 10.6 Å². The maximum atomic E-state index is 14.3. The Morgan fingerprint density at radius 3 is 2.37 bits per heavy atom. The van der Waals surface area contributed by atoms with Crippen LogP contribution in [0.25, 0.3) is 6.08 Å². The molecule has 202 valence electrons. The maximum Gasteiger partial charge on any atom is 0.407 e. The zero-order valence-corrected chi connectivity index (χ0v) is 23.6. The summed E-state index contributed by atoms with van der Waals surface area (Å²) in [6.07, 6.45) is 5.97. The fourth-order valence-electron chi connectivity index (χ4n) is 4.35. The molecule has 38 heavy (non-hydrogen) atoms. The average Bonchev–Trinajstić information content (AvgIpc) is 3.70. The number of halogens is 2. The van der Waals surface area contributed by atoms with Crippen molar-refractivity contribution in [2.45, 2.75) is 64.0 Å². The maximum absolute atomic E-state index is 14.3. The van der Waals surface area contributed by atoms with Crippen LogP contribution in [-0.2, 0) is 9.53 Å². The summed E-state index contributed by atoms with van der Waals surface area (Å²) in [6.45, 7) is 6.79. The summed E-state index contributed by atoms with van der Waals surface area (Å²) in [7, 11) is 0. The minimum absolute atomic E-state index is 0.0164. The normalized spacial score (nSPS) is 17.2. The molecule has 2 amide bonds. The molecule has 1 saturated heterocycles. The lowest BCUT2D eigenvalue weighted by Crippen LogP contribution is -2.45. The SMILES string of the molecule is CC(C)(C)OC(=O)NC1CCN(/C(=C/c2ccc(C3CC3)cc2)N=C(NC=O)c2ccc(Br)c(F)c2)CC1. The van der Waals surface area contributed by atoms with E-state index < -0.39 is 17.5 Å². The lowest BCUT2D eigenvalue weighted by Gasteiger charge is -2.34. The van der Waals surface area contributed by atoms with E-state index in [1.54, 1.807) is 12.1 Å². The minimum Gasteiger partial charge on any atom is -0.444 e. The van der Waals surface area contributed by atoms with Crippen LogP contribution in [0.2, 0.25) is 0 Å². The summed E-state index contributed by atoms with van der Waals surface area (Å²) >= 11 is 3.17. The molecular weight excluding hydrogens is 551 g/mol. The van der Waals surface area contributed by atoms with Gasteiger partial charge >= 0.3 is 6.09 Å². The Labute approximate surface area is 231 Å². The predicted octanol–water partition coefficient (Wildman–Crippen LogP) is 5.95. The van der Waals surface area contributed by atoms with E-state index in [-0.39, 0.29) is 11.9 Å². The first-order valence-electron chi connectivity index (χ1n) is 12.9. The molecule has 0 bridgehead atoms. The Balaban J connectivity index is 1.58. The summed E-state index contributed by atoms with van der Waals surface area (Å²) in [5.74, 6) is 1.12. The molecule has 4 rings (SSSR count). The van der Waals surface area contributed by atoms with Gasteiger partial charge in [-0.25, -0.2) is 14.2 Å². The fourth-order valence-corrected chi connectivity index (χ4v) is 4.59. The van der Waals surface area contributed by atoms with Crippen LogP contribution in [-0.4, -0.2) is 48.0 Å². The second-order valence-electron chi connectivity index (χ2n) is 10.7. The second-order valence-corrected chi connectivity index (χ2v) is 11.6. The van der Waals surface area contributed by atoms with E-state index in [2.05, 4.69) is 55.7 Å². The van der Waals surface area contributed by atoms with Crippen LogP contribution >= 0.6 is 15.9 Å². The van der Waals surface area contributed by atoms with Gasteiger partial charge in [-0.2, -0.15) is 0 Å². The van der Waals surface area contributed by atoms with Crippen molar-refractivity contribution >= 4 is 40.3 Å². The van der Waals surface area contributed by atoms with Gasteiger partial charge in [-0.1, -0.05) is 24.3 Å². The molecule has 1 aliphatic heterocycles. The number of amidine groups is 1. The van der Waals surface area contributed by atoms with E-state index in [0.29, 0.717) is 54.1 Å². The highest BCUT2D eigenvalue weighted by molar-refractivity contribution is 9.10. The third-order valence-electron chi connectivity index (χ3n) is 6.44. The van der Waals surface area contributed by atoms with Gasteiger partial charge in [0.15, 0.2) is 0 Å². The Kier molecular flexibility index (Phi) is 8.87. The van der Waals surface area contributed by atoms with Gasteiger partial charge in [0.2, 0.25) is 6.41 Å². The Hall–Kier alpha value is -3.20. The van der Waals surface area contributed by atoms with E-state index in [0.717, 1.165) is 5.56 Å². The molecule has 2 N–H and O–H groups in total. The first-order chi connectivity index (χ1) is 18.1. The van der Waals surface area contributed by atoms with Crippen LogP contribution in [0, 0.1) is 5.82 Å². The second kappa shape index (κ2) is 12.1. The van der Waals surface area contributed by atoms with E-state index in [9.17, 15) is 14.0 Å². The third kappa shape index (κ3) is 7.90. The first-order valence-corrected chi connectivity index (χ1v) is 13.7. The molecule has 2 aliphatic rings. The Bertz CT molecular complexity index is 1210. The largest absolute Gasteiger partial charge is 0.444 e. The number of hydrogen-bond acceptors (Lipinski definition) is 5. The van der Waals surface area contributed by atoms with Crippen LogP contribution in [0.3, 0.4) is 0 Å². The number of hydrogen-bond donors (Lipinski definition) is 2. The molecule has 0 spiro atoms. The van der Waals surface area contributed by atoms with E-state index in [1.165, 1.54) is 24.5 Å². The highest BCUT2D eigenvalue weighted by atomic mass is 79.9. The van der Waals surface area contributed by atoms with Crippen LogP contribution in [0.5, 0.6) is 0 Å². The number of alkyl carbamates (subject to hydrolysis) is 1. The predicted molar refractivity (Wildman–Crippen MR) is 150 cm³/mol. The Morgan fingerprint density at radius 2 is 1.79 bits per heavy atom. The number of nitrogens with zero attached hydrogens (tertiary/aromatic N) is 2. The number of piperidine rings is 1. The number of carbonyl (C=O) groups is 2. The van der Waals surface area contributed by atoms with Gasteiger partial charge in [0.05, 0.1) is 4.47 Å². The van der Waals surface area contributed by atoms with Crippen molar-refractivity contribution in [3.05, 3.63) is 75.3 Å². The quantitative estimate of drug-likeness (QED) is 0.239. The number of carbonyl (C=O) groups excluding carboxylic acids is 2. The number of benzene rings is 2. The monoisotopic (exact) mass is 584 g/mol. The van der Waals surface area contributed by atoms with Gasteiger partial charge in [0.25, 0.3) is 0 Å². The molecule has 0 atom stereocenters. The first kappa shape index (κ1) is 27.8. The van der Waals surface area contributed by atoms with Gasteiger partial charge < -0.3 is 20.3 Å². The lowest BCUT2D eigenvalue weighted by atomic mass is 10.0. The number of nitrogens with one attached hydrogen (secondary N) is 2. The van der Waals surface area contributed by atoms with Gasteiger partial charge in [-0.15, -0.1) is 0 Å². The third-order valence-corrected chi connectivity index (χ3v) is 7.08. The molecule has 2 aromatic carbocycles. The van der Waals surface area contributed by atoms with Crippen LogP contribution in [0.1, 0.15) is 69.1 Å². The molecule has 0 unspecified atom stereocenters. The van der Waals surface area contributed by atoms with E-state index >= 15 is 0 Å². The summed E-state index contributed by atoms with van der Waals surface area (Å²) in [5, 5.41) is 5.59. The van der Waals surface area contributed by atoms with Gasteiger partial charge in [0, 0.05) is 24.7 Å². The van der Waals surface area contributed by atoms with Crippen LogP contribution in [0.4, 0.5) is 9.18 Å². The highest BCUT2D eigenvalue weighted by Crippen LogP contribution is 2.40. The van der Waals surface area contributed by atoms with Crippen molar-refractivity contribution in [2.24, 2.45) is 4.99 Å². The molecule has 2 fully saturated rings. The van der Waals surface area contributed by atoms with Gasteiger partial charge in [-0.3, -0.25) is 4.79 Å². The van der Waals surface area contributed by atoms with Crippen molar-refractivity contribution in [1.29, 1.82) is 0 Å². The van der Waals surface area contributed by atoms with Gasteiger partial charge in [-0.05, 0) is 104 Å². The summed E-state index contributed by atoms with van der Waals surface area (Å²) < 4.78 is 20.0. The smallest absolute Gasteiger partial charge is 0.407 e. The lowest BCUT2D eigenvalue weighted by molar-refractivity contribution is -0.108. The number of likely N-dealkylation sites (tertiary alicyclic amines) is 1. The summed E-state index contributed by atoms with van der Waals surface area (Å²) in [5.41, 5.74) is 2.22. The molecular formula is C29H34BrFN4O3. The van der Waals surface area contributed by atoms with Crippen molar-refractivity contribution < 1.29 is 18.7 Å².